The molecule has 1 heterocycles. The van der Waals surface area contributed by atoms with Gasteiger partial charge < -0.3 is 10.4 Å². The van der Waals surface area contributed by atoms with Crippen LogP contribution in [0.25, 0.3) is 0 Å². The summed E-state index contributed by atoms with van der Waals surface area (Å²) in [6.07, 6.45) is 1.58. The number of halogens is 1. The number of rotatable bonds is 1. The van der Waals surface area contributed by atoms with Crippen LogP contribution in [0.3, 0.4) is 0 Å². The predicted molar refractivity (Wildman–Crippen MR) is 60.3 cm³/mol. The van der Waals surface area contributed by atoms with Gasteiger partial charge in [0.05, 0.1) is 6.04 Å². The molecule has 0 aromatic heterocycles. The fourth-order valence-corrected chi connectivity index (χ4v) is 1.74. The highest BCUT2D eigenvalue weighted by Crippen LogP contribution is 2.21. The minimum Gasteiger partial charge on any atom is -0.508 e. The number of nitrogens with one attached hydrogen (secondary N) is 1. The molecule has 1 saturated heterocycles. The van der Waals surface area contributed by atoms with E-state index < -0.39 is 0 Å². The molecule has 1 aliphatic rings. The third-order valence-electron chi connectivity index (χ3n) is 2.50. The molecule has 1 aromatic carbocycles. The summed E-state index contributed by atoms with van der Waals surface area (Å²) >= 11 is 0. The molecule has 0 bridgehead atoms. The molecule has 15 heavy (non-hydrogen) atoms. The first-order chi connectivity index (χ1) is 6.77. The molecule has 82 valence electrons. The maximum atomic E-state index is 11.6. The van der Waals surface area contributed by atoms with Crippen LogP contribution in [0, 0.1) is 0 Å². The molecule has 0 saturated carbocycles. The highest BCUT2D eigenvalue weighted by Gasteiger charge is 2.22. The lowest BCUT2D eigenvalue weighted by molar-refractivity contribution is -0.122. The van der Waals surface area contributed by atoms with Gasteiger partial charge in [0.1, 0.15) is 5.75 Å². The molecule has 3 nitrogen and oxygen atoms in total. The first-order valence-corrected chi connectivity index (χ1v) is 4.82. The lowest BCUT2D eigenvalue weighted by Gasteiger charge is -2.22. The number of phenols is 1. The Hall–Kier alpha value is -1.06. The van der Waals surface area contributed by atoms with Crippen LogP contribution in [0.15, 0.2) is 24.3 Å². The normalized spacial score (nSPS) is 20.8. The summed E-state index contributed by atoms with van der Waals surface area (Å²) in [6.45, 7) is 0.886. The number of Topliss-reactive ketones (excluding diaryl/α,β-unsaturated/α-hetero) is 1. The number of ketones is 1. The highest BCUT2D eigenvalue weighted by atomic mass is 35.5. The SMILES string of the molecule is Cl.O=C1CCCNC1c1ccc(O)cc1. The van der Waals surface area contributed by atoms with Gasteiger partial charge in [-0.25, -0.2) is 0 Å². The molecule has 1 unspecified atom stereocenters. The topological polar surface area (TPSA) is 49.3 Å². The van der Waals surface area contributed by atoms with Crippen molar-refractivity contribution in [2.45, 2.75) is 18.9 Å². The van der Waals surface area contributed by atoms with Crippen LogP contribution in [0.2, 0.25) is 0 Å². The zero-order chi connectivity index (χ0) is 9.97. The third kappa shape index (κ3) is 2.70. The Balaban J connectivity index is 0.00000112. The van der Waals surface area contributed by atoms with Gasteiger partial charge in [0, 0.05) is 6.42 Å². The van der Waals surface area contributed by atoms with E-state index in [0.29, 0.717) is 6.42 Å². The number of carbonyl (C=O) groups is 1. The molecule has 0 aliphatic carbocycles. The standard InChI is InChI=1S/C11H13NO2.ClH/c13-9-5-3-8(4-6-9)11-10(14)2-1-7-12-11;/h3-6,11-13H,1-2,7H2;1H. The monoisotopic (exact) mass is 227 g/mol. The van der Waals surface area contributed by atoms with E-state index in [1.54, 1.807) is 24.3 Å². The van der Waals surface area contributed by atoms with Crippen molar-refractivity contribution in [2.24, 2.45) is 0 Å². The first kappa shape index (κ1) is 12.0. The molecule has 1 fully saturated rings. The number of carbonyl (C=O) groups excluding carboxylic acids is 1. The second kappa shape index (κ2) is 5.14. The molecule has 2 rings (SSSR count). The van der Waals surface area contributed by atoms with E-state index in [0.717, 1.165) is 18.5 Å². The van der Waals surface area contributed by atoms with E-state index in [4.69, 9.17) is 5.11 Å². The van der Waals surface area contributed by atoms with Crippen molar-refractivity contribution in [3.05, 3.63) is 29.8 Å². The van der Waals surface area contributed by atoms with E-state index in [2.05, 4.69) is 5.32 Å². The molecule has 0 radical (unpaired) electrons. The Kier molecular flexibility index (Phi) is 4.12. The molecule has 1 aromatic rings. The van der Waals surface area contributed by atoms with E-state index in [9.17, 15) is 4.79 Å². The first-order valence-electron chi connectivity index (χ1n) is 4.82. The van der Waals surface area contributed by atoms with Crippen molar-refractivity contribution in [2.75, 3.05) is 6.54 Å². The summed E-state index contributed by atoms with van der Waals surface area (Å²) in [7, 11) is 0. The highest BCUT2D eigenvalue weighted by molar-refractivity contribution is 5.86. The molecular formula is C11H14ClNO2. The minimum absolute atomic E-state index is 0. The van der Waals surface area contributed by atoms with Crippen molar-refractivity contribution >= 4 is 18.2 Å². The summed E-state index contributed by atoms with van der Waals surface area (Å²) in [5.74, 6) is 0.471. The second-order valence-electron chi connectivity index (χ2n) is 3.55. The van der Waals surface area contributed by atoms with Crippen molar-refractivity contribution in [1.82, 2.24) is 5.32 Å². The Morgan fingerprint density at radius 3 is 2.53 bits per heavy atom. The van der Waals surface area contributed by atoms with Crippen LogP contribution in [-0.4, -0.2) is 17.4 Å². The molecule has 1 aliphatic heterocycles. The van der Waals surface area contributed by atoms with Gasteiger partial charge in [0.15, 0.2) is 5.78 Å². The van der Waals surface area contributed by atoms with Gasteiger partial charge in [0.2, 0.25) is 0 Å². The Morgan fingerprint density at radius 2 is 1.93 bits per heavy atom. The van der Waals surface area contributed by atoms with Gasteiger partial charge in [-0.2, -0.15) is 0 Å². The Bertz CT molecular complexity index is 337. The van der Waals surface area contributed by atoms with Crippen LogP contribution in [0.5, 0.6) is 5.75 Å². The van der Waals surface area contributed by atoms with Gasteiger partial charge in [-0.15, -0.1) is 12.4 Å². The van der Waals surface area contributed by atoms with Gasteiger partial charge in [-0.05, 0) is 30.7 Å². The number of piperidine rings is 1. The number of aromatic hydroxyl groups is 1. The molecule has 1 atom stereocenters. The summed E-state index contributed by atoms with van der Waals surface area (Å²) < 4.78 is 0. The molecule has 4 heteroatoms. The molecule has 0 spiro atoms. The average Bonchev–Trinajstić information content (AvgIpc) is 2.20. The lowest BCUT2D eigenvalue weighted by Crippen LogP contribution is -2.34. The maximum absolute atomic E-state index is 11.6. The zero-order valence-electron chi connectivity index (χ0n) is 8.27. The van der Waals surface area contributed by atoms with Crippen LogP contribution < -0.4 is 5.32 Å². The van der Waals surface area contributed by atoms with E-state index >= 15 is 0 Å². The molecule has 2 N–H and O–H groups in total. The van der Waals surface area contributed by atoms with Gasteiger partial charge in [0.25, 0.3) is 0 Å². The van der Waals surface area contributed by atoms with E-state index in [1.807, 2.05) is 0 Å². The number of phenolic OH excluding ortho intramolecular Hbond substituents is 1. The van der Waals surface area contributed by atoms with Crippen molar-refractivity contribution in [1.29, 1.82) is 0 Å². The lowest BCUT2D eigenvalue weighted by atomic mass is 9.96. The Morgan fingerprint density at radius 1 is 1.27 bits per heavy atom. The fourth-order valence-electron chi connectivity index (χ4n) is 1.74. The smallest absolute Gasteiger partial charge is 0.154 e. The maximum Gasteiger partial charge on any atom is 0.154 e. The molecular weight excluding hydrogens is 214 g/mol. The third-order valence-corrected chi connectivity index (χ3v) is 2.50. The summed E-state index contributed by atoms with van der Waals surface area (Å²) in [5, 5.41) is 12.3. The number of hydrogen-bond donors (Lipinski definition) is 2. The average molecular weight is 228 g/mol. The quantitative estimate of drug-likeness (QED) is 0.769. The summed E-state index contributed by atoms with van der Waals surface area (Å²) in [6, 6.07) is 6.62. The van der Waals surface area contributed by atoms with Gasteiger partial charge >= 0.3 is 0 Å². The van der Waals surface area contributed by atoms with Crippen LogP contribution in [0.4, 0.5) is 0 Å². The molecule has 0 amide bonds. The zero-order valence-corrected chi connectivity index (χ0v) is 9.09. The number of benzene rings is 1. The van der Waals surface area contributed by atoms with Crippen molar-refractivity contribution in [3.63, 3.8) is 0 Å². The van der Waals surface area contributed by atoms with Crippen LogP contribution in [0.1, 0.15) is 24.4 Å². The largest absolute Gasteiger partial charge is 0.508 e. The predicted octanol–water partition coefficient (Wildman–Crippen LogP) is 1.81. The van der Waals surface area contributed by atoms with Crippen molar-refractivity contribution in [3.8, 4) is 5.75 Å². The summed E-state index contributed by atoms with van der Waals surface area (Å²) in [5.41, 5.74) is 0.938. The Labute approximate surface area is 94.9 Å². The van der Waals surface area contributed by atoms with E-state index in [1.165, 1.54) is 0 Å². The van der Waals surface area contributed by atoms with Crippen LogP contribution >= 0.6 is 12.4 Å². The second-order valence-corrected chi connectivity index (χ2v) is 3.55. The summed E-state index contributed by atoms with van der Waals surface area (Å²) in [4.78, 5) is 11.6. The fraction of sp³-hybridized carbons (Fsp3) is 0.364. The van der Waals surface area contributed by atoms with Crippen LogP contribution in [-0.2, 0) is 4.79 Å². The minimum atomic E-state index is -0.177. The van der Waals surface area contributed by atoms with E-state index in [-0.39, 0.29) is 30.0 Å². The van der Waals surface area contributed by atoms with Gasteiger partial charge in [-0.1, -0.05) is 12.1 Å². The van der Waals surface area contributed by atoms with Crippen molar-refractivity contribution < 1.29 is 9.90 Å². The van der Waals surface area contributed by atoms with Gasteiger partial charge in [-0.3, -0.25) is 4.79 Å². The number of hydrogen-bond acceptors (Lipinski definition) is 3.